The molecule has 92 valence electrons. The molecule has 0 bridgehead atoms. The molecule has 0 spiro atoms. The SMILES string of the molecule is N#Cc1ccc(Cl)c(NCCCC(F)(F)F)c1. The molecule has 0 atom stereocenters. The molecule has 0 aromatic heterocycles. The predicted molar refractivity (Wildman–Crippen MR) is 59.9 cm³/mol. The van der Waals surface area contributed by atoms with Gasteiger partial charge in [-0.25, -0.2) is 0 Å². The van der Waals surface area contributed by atoms with Gasteiger partial charge >= 0.3 is 6.18 Å². The quantitative estimate of drug-likeness (QED) is 0.834. The first-order valence-corrected chi connectivity index (χ1v) is 5.30. The zero-order valence-corrected chi connectivity index (χ0v) is 9.57. The third-order valence-corrected chi connectivity index (χ3v) is 2.38. The van der Waals surface area contributed by atoms with Gasteiger partial charge in [0.2, 0.25) is 0 Å². The van der Waals surface area contributed by atoms with Crippen LogP contribution in [0.4, 0.5) is 18.9 Å². The molecule has 1 aromatic rings. The molecule has 0 saturated heterocycles. The molecule has 0 fully saturated rings. The topological polar surface area (TPSA) is 35.8 Å². The molecule has 1 aromatic carbocycles. The molecule has 0 aliphatic heterocycles. The van der Waals surface area contributed by atoms with Crippen LogP contribution in [0.15, 0.2) is 18.2 Å². The van der Waals surface area contributed by atoms with Gasteiger partial charge in [0.25, 0.3) is 0 Å². The summed E-state index contributed by atoms with van der Waals surface area (Å²) < 4.78 is 35.6. The molecule has 0 radical (unpaired) electrons. The van der Waals surface area contributed by atoms with Crippen LogP contribution in [0, 0.1) is 11.3 Å². The van der Waals surface area contributed by atoms with Gasteiger partial charge in [-0.3, -0.25) is 0 Å². The van der Waals surface area contributed by atoms with Crippen LogP contribution in [-0.4, -0.2) is 12.7 Å². The van der Waals surface area contributed by atoms with E-state index in [1.807, 2.05) is 6.07 Å². The molecule has 17 heavy (non-hydrogen) atoms. The van der Waals surface area contributed by atoms with E-state index < -0.39 is 12.6 Å². The predicted octanol–water partition coefficient (Wildman–Crippen LogP) is 3.97. The summed E-state index contributed by atoms with van der Waals surface area (Å²) in [7, 11) is 0. The number of benzene rings is 1. The zero-order valence-electron chi connectivity index (χ0n) is 8.81. The number of nitrogens with one attached hydrogen (secondary N) is 1. The van der Waals surface area contributed by atoms with E-state index in [1.54, 1.807) is 6.07 Å². The van der Waals surface area contributed by atoms with Gasteiger partial charge in [0.05, 0.1) is 22.3 Å². The highest BCUT2D eigenvalue weighted by Crippen LogP contribution is 2.24. The molecule has 1 N–H and O–H groups in total. The van der Waals surface area contributed by atoms with Crippen LogP contribution >= 0.6 is 11.6 Å². The van der Waals surface area contributed by atoms with Crippen molar-refractivity contribution in [1.29, 1.82) is 5.26 Å². The summed E-state index contributed by atoms with van der Waals surface area (Å²) in [5.41, 5.74) is 0.889. The molecule has 2 nitrogen and oxygen atoms in total. The lowest BCUT2D eigenvalue weighted by Gasteiger charge is -2.09. The molecule has 0 unspecified atom stereocenters. The normalized spacial score (nSPS) is 11.0. The van der Waals surface area contributed by atoms with Gasteiger partial charge in [0.15, 0.2) is 0 Å². The summed E-state index contributed by atoms with van der Waals surface area (Å²) in [4.78, 5) is 0. The molecule has 1 rings (SSSR count). The van der Waals surface area contributed by atoms with E-state index in [0.717, 1.165) is 0 Å². The van der Waals surface area contributed by atoms with E-state index in [0.29, 0.717) is 16.3 Å². The average molecular weight is 263 g/mol. The van der Waals surface area contributed by atoms with E-state index in [4.69, 9.17) is 16.9 Å². The maximum atomic E-state index is 11.9. The summed E-state index contributed by atoms with van der Waals surface area (Å²) in [6.07, 6.45) is -5.01. The molecule has 0 aliphatic carbocycles. The number of halogens is 4. The monoisotopic (exact) mass is 262 g/mol. The Bertz CT molecular complexity index is 424. The first-order valence-electron chi connectivity index (χ1n) is 4.92. The number of anilines is 1. The van der Waals surface area contributed by atoms with Crippen molar-refractivity contribution >= 4 is 17.3 Å². The van der Waals surface area contributed by atoms with E-state index in [9.17, 15) is 13.2 Å². The van der Waals surface area contributed by atoms with Crippen LogP contribution in [0.2, 0.25) is 5.02 Å². The minimum Gasteiger partial charge on any atom is -0.384 e. The molecular formula is C11H10ClF3N2. The van der Waals surface area contributed by atoms with Crippen LogP contribution in [0.1, 0.15) is 18.4 Å². The number of hydrogen-bond donors (Lipinski definition) is 1. The molecule has 0 saturated carbocycles. The lowest BCUT2D eigenvalue weighted by atomic mass is 10.2. The first kappa shape index (κ1) is 13.7. The van der Waals surface area contributed by atoms with Crippen molar-refractivity contribution in [3.8, 4) is 6.07 Å². The van der Waals surface area contributed by atoms with Gasteiger partial charge in [0, 0.05) is 13.0 Å². The third-order valence-electron chi connectivity index (χ3n) is 2.05. The van der Waals surface area contributed by atoms with Crippen molar-refractivity contribution in [2.24, 2.45) is 0 Å². The third kappa shape index (κ3) is 4.96. The van der Waals surface area contributed by atoms with Gasteiger partial charge < -0.3 is 5.32 Å². The summed E-state index contributed by atoms with van der Waals surface area (Å²) in [6, 6.07) is 6.52. The maximum absolute atomic E-state index is 11.9. The minimum atomic E-state index is -4.14. The maximum Gasteiger partial charge on any atom is 0.389 e. The van der Waals surface area contributed by atoms with Crippen molar-refractivity contribution < 1.29 is 13.2 Å². The fourth-order valence-corrected chi connectivity index (χ4v) is 1.43. The first-order chi connectivity index (χ1) is 7.92. The minimum absolute atomic E-state index is 0.0311. The number of alkyl halides is 3. The Kier molecular flexibility index (Phi) is 4.64. The summed E-state index contributed by atoms with van der Waals surface area (Å²) in [5.74, 6) is 0. The Balaban J connectivity index is 2.49. The highest BCUT2D eigenvalue weighted by molar-refractivity contribution is 6.33. The van der Waals surface area contributed by atoms with Crippen LogP contribution in [0.3, 0.4) is 0 Å². The van der Waals surface area contributed by atoms with Gasteiger partial charge in [-0.2, -0.15) is 18.4 Å². The van der Waals surface area contributed by atoms with Crippen LogP contribution < -0.4 is 5.32 Å². The van der Waals surface area contributed by atoms with Crippen molar-refractivity contribution in [3.05, 3.63) is 28.8 Å². The van der Waals surface area contributed by atoms with Gasteiger partial charge in [-0.15, -0.1) is 0 Å². The molecule has 0 amide bonds. The van der Waals surface area contributed by atoms with Gasteiger partial charge in [-0.1, -0.05) is 11.6 Å². The number of rotatable bonds is 4. The highest BCUT2D eigenvalue weighted by atomic mass is 35.5. The Morgan fingerprint density at radius 2 is 2.06 bits per heavy atom. The smallest absolute Gasteiger partial charge is 0.384 e. The lowest BCUT2D eigenvalue weighted by Crippen LogP contribution is -2.11. The molecule has 0 aliphatic rings. The summed E-state index contributed by atoms with van der Waals surface area (Å²) in [5, 5.41) is 11.8. The van der Waals surface area contributed by atoms with Gasteiger partial charge in [-0.05, 0) is 24.6 Å². The molecule has 6 heteroatoms. The van der Waals surface area contributed by atoms with Crippen LogP contribution in [-0.2, 0) is 0 Å². The standard InChI is InChI=1S/C11H10ClF3N2/c12-9-3-2-8(7-16)6-10(9)17-5-1-4-11(13,14)15/h2-3,6,17H,1,4-5H2. The van der Waals surface area contributed by atoms with Crippen molar-refractivity contribution in [2.45, 2.75) is 19.0 Å². The van der Waals surface area contributed by atoms with Crippen molar-refractivity contribution in [2.75, 3.05) is 11.9 Å². The van der Waals surface area contributed by atoms with E-state index >= 15 is 0 Å². The van der Waals surface area contributed by atoms with E-state index in [2.05, 4.69) is 5.32 Å². The second kappa shape index (κ2) is 5.78. The fourth-order valence-electron chi connectivity index (χ4n) is 1.24. The van der Waals surface area contributed by atoms with Crippen LogP contribution in [0.5, 0.6) is 0 Å². The number of nitrogens with zero attached hydrogens (tertiary/aromatic N) is 1. The Morgan fingerprint density at radius 1 is 1.35 bits per heavy atom. The fraction of sp³-hybridized carbons (Fsp3) is 0.364. The highest BCUT2D eigenvalue weighted by Gasteiger charge is 2.25. The Morgan fingerprint density at radius 3 is 2.65 bits per heavy atom. The second-order valence-corrected chi connectivity index (χ2v) is 3.86. The molecular weight excluding hydrogens is 253 g/mol. The second-order valence-electron chi connectivity index (χ2n) is 3.45. The summed E-state index contributed by atoms with van der Waals surface area (Å²) in [6.45, 7) is 0.161. The van der Waals surface area contributed by atoms with E-state index in [1.165, 1.54) is 12.1 Å². The van der Waals surface area contributed by atoms with Crippen molar-refractivity contribution in [3.63, 3.8) is 0 Å². The number of hydrogen-bond acceptors (Lipinski definition) is 2. The Labute approximate surface area is 102 Å². The average Bonchev–Trinajstić information content (AvgIpc) is 2.25. The van der Waals surface area contributed by atoms with E-state index in [-0.39, 0.29) is 13.0 Å². The van der Waals surface area contributed by atoms with Crippen LogP contribution in [0.25, 0.3) is 0 Å². The zero-order chi connectivity index (χ0) is 12.9. The molecule has 0 heterocycles. The summed E-state index contributed by atoms with van der Waals surface area (Å²) >= 11 is 5.83. The largest absolute Gasteiger partial charge is 0.389 e. The van der Waals surface area contributed by atoms with Gasteiger partial charge in [0.1, 0.15) is 0 Å². The van der Waals surface area contributed by atoms with Crippen molar-refractivity contribution in [1.82, 2.24) is 0 Å². The number of nitriles is 1. The Hall–Kier alpha value is -1.41. The lowest BCUT2D eigenvalue weighted by molar-refractivity contribution is -0.134.